The van der Waals surface area contributed by atoms with E-state index >= 15 is 0 Å². The van der Waals surface area contributed by atoms with Crippen LogP contribution in [-0.4, -0.2) is 24.4 Å². The Morgan fingerprint density at radius 2 is 1.87 bits per heavy atom. The van der Waals surface area contributed by atoms with Crippen LogP contribution in [-0.2, 0) is 16.6 Å². The molecule has 0 saturated carbocycles. The number of ether oxygens (including phenoxy) is 3. The van der Waals surface area contributed by atoms with Crippen molar-refractivity contribution in [2.45, 2.75) is 39.5 Å². The topological polar surface area (TPSA) is 69.7 Å². The summed E-state index contributed by atoms with van der Waals surface area (Å²) in [5, 5.41) is 4.20. The summed E-state index contributed by atoms with van der Waals surface area (Å²) in [5.41, 5.74) is 3.54. The number of nitrogens with one attached hydrogen (secondary N) is 1. The van der Waals surface area contributed by atoms with E-state index in [1.54, 1.807) is 30.4 Å². The Hall–Kier alpha value is -3.06. The van der Waals surface area contributed by atoms with E-state index in [1.165, 1.54) is 4.88 Å². The summed E-state index contributed by atoms with van der Waals surface area (Å²) < 4.78 is 16.0. The Kier molecular flexibility index (Phi) is 5.87. The lowest BCUT2D eigenvalue weighted by Crippen LogP contribution is -2.14. The molecular weight excluding hydrogens is 412 g/mol. The molecule has 6 nitrogen and oxygen atoms in total. The number of nitrogens with zero attached hydrogens (tertiary/aromatic N) is 1. The van der Waals surface area contributed by atoms with E-state index < -0.39 is 0 Å². The van der Waals surface area contributed by atoms with Gasteiger partial charge in [0, 0.05) is 22.4 Å². The smallest absolute Gasteiger partial charge is 0.338 e. The number of hydrogen-bond donors (Lipinski definition) is 1. The Balaban J connectivity index is 1.55. The van der Waals surface area contributed by atoms with Crippen LogP contribution < -0.4 is 14.8 Å². The van der Waals surface area contributed by atoms with Gasteiger partial charge in [0.2, 0.25) is 6.79 Å². The lowest BCUT2D eigenvalue weighted by molar-refractivity contribution is 0.0526. The minimum Gasteiger partial charge on any atom is -0.462 e. The third-order valence-electron chi connectivity index (χ3n) is 4.86. The molecule has 0 unspecified atom stereocenters. The number of carbonyl (C=O) groups excluding carboxylic acids is 1. The van der Waals surface area contributed by atoms with E-state index in [0.29, 0.717) is 12.2 Å². The van der Waals surface area contributed by atoms with Crippen molar-refractivity contribution in [2.24, 2.45) is 0 Å². The van der Waals surface area contributed by atoms with Crippen LogP contribution in [0.3, 0.4) is 0 Å². The van der Waals surface area contributed by atoms with Crippen molar-refractivity contribution in [3.63, 3.8) is 0 Å². The minimum absolute atomic E-state index is 0.0874. The van der Waals surface area contributed by atoms with Crippen molar-refractivity contribution in [2.75, 3.05) is 18.7 Å². The molecule has 0 radical (unpaired) electrons. The first kappa shape index (κ1) is 21.2. The summed E-state index contributed by atoms with van der Waals surface area (Å²) in [6.45, 7) is 8.94. The molecule has 162 valence electrons. The van der Waals surface area contributed by atoms with E-state index in [2.05, 4.69) is 32.2 Å². The highest BCUT2D eigenvalue weighted by atomic mass is 32.1. The number of thiazole rings is 1. The quantitative estimate of drug-likeness (QED) is 0.499. The Morgan fingerprint density at radius 3 is 2.58 bits per heavy atom. The average molecular weight is 439 g/mol. The lowest BCUT2D eigenvalue weighted by Gasteiger charge is -2.17. The van der Waals surface area contributed by atoms with E-state index in [9.17, 15) is 4.79 Å². The van der Waals surface area contributed by atoms with Gasteiger partial charge in [-0.25, -0.2) is 9.78 Å². The van der Waals surface area contributed by atoms with Crippen LogP contribution in [0.4, 0.5) is 10.8 Å². The zero-order chi connectivity index (χ0) is 22.0. The number of hydrogen-bond acceptors (Lipinski definition) is 7. The first-order valence-corrected chi connectivity index (χ1v) is 11.1. The molecule has 0 atom stereocenters. The molecule has 0 bridgehead atoms. The number of fused-ring (bicyclic) bond motifs is 1. The number of esters is 1. The fourth-order valence-corrected chi connectivity index (χ4v) is 4.60. The number of rotatable bonds is 6. The molecule has 0 saturated heterocycles. The molecule has 3 aromatic rings. The van der Waals surface area contributed by atoms with Crippen molar-refractivity contribution in [3.8, 4) is 11.5 Å². The second-order valence-corrected chi connectivity index (χ2v) is 9.41. The second kappa shape index (κ2) is 8.59. The van der Waals surface area contributed by atoms with Crippen molar-refractivity contribution >= 4 is 28.1 Å². The fraction of sp³-hybridized carbons (Fsp3) is 0.333. The van der Waals surface area contributed by atoms with Gasteiger partial charge in [-0.05, 0) is 48.9 Å². The number of benzene rings is 2. The van der Waals surface area contributed by atoms with Gasteiger partial charge in [-0.2, -0.15) is 0 Å². The molecule has 0 amide bonds. The highest BCUT2D eigenvalue weighted by molar-refractivity contribution is 7.15. The zero-order valence-electron chi connectivity index (χ0n) is 18.2. The standard InChI is InChI=1S/C24H26N2O4S/c1-5-28-22(27)16-7-9-17(10-8-16)25-23-26-21(24(2,3)4)20(31-23)13-15-6-11-18-19(12-15)30-14-29-18/h6-12H,5,13-14H2,1-4H3,(H,25,26). The van der Waals surface area contributed by atoms with Gasteiger partial charge in [0.1, 0.15) is 0 Å². The van der Waals surface area contributed by atoms with Crippen molar-refractivity contribution < 1.29 is 19.0 Å². The first-order valence-electron chi connectivity index (χ1n) is 10.3. The number of aromatic nitrogens is 1. The molecule has 4 rings (SSSR count). The zero-order valence-corrected chi connectivity index (χ0v) is 19.0. The van der Waals surface area contributed by atoms with Crippen molar-refractivity contribution in [3.05, 3.63) is 64.2 Å². The molecule has 2 aromatic carbocycles. The summed E-state index contributed by atoms with van der Waals surface area (Å²) in [7, 11) is 0. The van der Waals surface area contributed by atoms with E-state index in [-0.39, 0.29) is 18.2 Å². The van der Waals surface area contributed by atoms with Crippen LogP contribution >= 0.6 is 11.3 Å². The van der Waals surface area contributed by atoms with Gasteiger partial charge in [-0.15, -0.1) is 11.3 Å². The van der Waals surface area contributed by atoms with Gasteiger partial charge in [0.15, 0.2) is 16.6 Å². The van der Waals surface area contributed by atoms with Gasteiger partial charge >= 0.3 is 5.97 Å². The third-order valence-corrected chi connectivity index (χ3v) is 5.83. The predicted molar refractivity (Wildman–Crippen MR) is 122 cm³/mol. The summed E-state index contributed by atoms with van der Waals surface area (Å²) in [6.07, 6.45) is 0.768. The van der Waals surface area contributed by atoms with Crippen LogP contribution in [0.1, 0.15) is 54.2 Å². The first-order chi connectivity index (χ1) is 14.8. The second-order valence-electron chi connectivity index (χ2n) is 8.33. The van der Waals surface area contributed by atoms with Crippen LogP contribution in [0.15, 0.2) is 42.5 Å². The maximum atomic E-state index is 11.8. The lowest BCUT2D eigenvalue weighted by atomic mass is 9.90. The Labute approximate surface area is 186 Å². The highest BCUT2D eigenvalue weighted by Gasteiger charge is 2.24. The van der Waals surface area contributed by atoms with Crippen LogP contribution in [0, 0.1) is 0 Å². The summed E-state index contributed by atoms with van der Waals surface area (Å²) in [6, 6.07) is 13.3. The monoisotopic (exact) mass is 438 g/mol. The van der Waals surface area contributed by atoms with Gasteiger partial charge in [0.25, 0.3) is 0 Å². The summed E-state index contributed by atoms with van der Waals surface area (Å²) in [4.78, 5) is 17.9. The third kappa shape index (κ3) is 4.82. The molecule has 1 aromatic heterocycles. The Morgan fingerprint density at radius 1 is 1.13 bits per heavy atom. The number of anilines is 2. The van der Waals surface area contributed by atoms with Crippen LogP contribution in [0.2, 0.25) is 0 Å². The molecule has 0 spiro atoms. The molecule has 7 heteroatoms. The molecule has 0 fully saturated rings. The summed E-state index contributed by atoms with van der Waals surface area (Å²) >= 11 is 1.64. The van der Waals surface area contributed by atoms with Crippen molar-refractivity contribution in [1.82, 2.24) is 4.98 Å². The minimum atomic E-state index is -0.315. The molecule has 1 aliphatic rings. The van der Waals surface area contributed by atoms with Crippen LogP contribution in [0.5, 0.6) is 11.5 Å². The SMILES string of the molecule is CCOC(=O)c1ccc(Nc2nc(C(C)(C)C)c(Cc3ccc4c(c3)OCO4)s2)cc1. The van der Waals surface area contributed by atoms with E-state index in [1.807, 2.05) is 24.3 Å². The maximum Gasteiger partial charge on any atom is 0.338 e. The predicted octanol–water partition coefficient (Wildman–Crippen LogP) is 5.68. The van der Waals surface area contributed by atoms with Crippen molar-refractivity contribution in [1.29, 1.82) is 0 Å². The number of carbonyl (C=O) groups is 1. The van der Waals surface area contributed by atoms with Gasteiger partial charge in [0.05, 0.1) is 17.9 Å². The normalized spacial score (nSPS) is 12.6. The Bertz CT molecular complexity index is 1080. The molecular formula is C24H26N2O4S. The van der Waals surface area contributed by atoms with E-state index in [0.717, 1.165) is 40.0 Å². The fourth-order valence-electron chi connectivity index (χ4n) is 3.37. The highest BCUT2D eigenvalue weighted by Crippen LogP contribution is 2.37. The molecule has 2 heterocycles. The maximum absolute atomic E-state index is 11.8. The van der Waals surface area contributed by atoms with E-state index in [4.69, 9.17) is 19.2 Å². The summed E-state index contributed by atoms with van der Waals surface area (Å²) in [5.74, 6) is 1.27. The van der Waals surface area contributed by atoms with Crippen LogP contribution in [0.25, 0.3) is 0 Å². The molecule has 0 aliphatic carbocycles. The van der Waals surface area contributed by atoms with Gasteiger partial charge in [-0.1, -0.05) is 26.8 Å². The molecule has 1 N–H and O–H groups in total. The molecule has 31 heavy (non-hydrogen) atoms. The largest absolute Gasteiger partial charge is 0.462 e. The molecule has 1 aliphatic heterocycles. The van der Waals surface area contributed by atoms with Gasteiger partial charge < -0.3 is 19.5 Å². The van der Waals surface area contributed by atoms with Gasteiger partial charge in [-0.3, -0.25) is 0 Å². The average Bonchev–Trinajstić information content (AvgIpc) is 3.35.